The Morgan fingerprint density at radius 1 is 1.50 bits per heavy atom. The Hall–Kier alpha value is -1.31. The van der Waals surface area contributed by atoms with Crippen molar-refractivity contribution in [1.29, 1.82) is 0 Å². The number of nitrogens with zero attached hydrogens (tertiary/aromatic N) is 1. The molecule has 8 heteroatoms. The van der Waals surface area contributed by atoms with Crippen LogP contribution < -0.4 is 11.1 Å². The topological polar surface area (TPSA) is 92.5 Å². The minimum absolute atomic E-state index is 0.0487. The summed E-state index contributed by atoms with van der Waals surface area (Å²) in [6.45, 7) is 1.69. The molecular weight excluding hydrogens is 302 g/mol. The van der Waals surface area contributed by atoms with Gasteiger partial charge in [-0.3, -0.25) is 4.79 Å². The first-order valence-electron chi connectivity index (χ1n) is 5.93. The van der Waals surface area contributed by atoms with Crippen LogP contribution in [0, 0.1) is 5.92 Å². The molecule has 1 amide bonds. The highest BCUT2D eigenvalue weighted by molar-refractivity contribution is 7.89. The lowest BCUT2D eigenvalue weighted by Crippen LogP contribution is -2.37. The summed E-state index contributed by atoms with van der Waals surface area (Å²) in [5.41, 5.74) is 5.90. The van der Waals surface area contributed by atoms with Gasteiger partial charge in [0.05, 0.1) is 5.02 Å². The second kappa shape index (κ2) is 6.43. The van der Waals surface area contributed by atoms with E-state index in [-0.39, 0.29) is 22.4 Å². The number of rotatable bonds is 5. The smallest absolute Gasteiger partial charge is 0.244 e. The number of halogens is 1. The number of amides is 1. The van der Waals surface area contributed by atoms with Gasteiger partial charge >= 0.3 is 0 Å². The number of nitrogens with one attached hydrogen (secondary N) is 1. The van der Waals surface area contributed by atoms with Crippen LogP contribution in [0.5, 0.6) is 0 Å². The van der Waals surface area contributed by atoms with Gasteiger partial charge < -0.3 is 11.1 Å². The maximum Gasteiger partial charge on any atom is 0.244 e. The molecule has 0 aliphatic rings. The molecule has 1 unspecified atom stereocenters. The van der Waals surface area contributed by atoms with Crippen molar-refractivity contribution in [3.8, 4) is 0 Å². The van der Waals surface area contributed by atoms with Crippen molar-refractivity contribution < 1.29 is 13.2 Å². The largest absolute Gasteiger partial charge is 0.399 e. The summed E-state index contributed by atoms with van der Waals surface area (Å²) in [5.74, 6) is -0.703. The molecule has 0 fully saturated rings. The normalized spacial score (nSPS) is 13.2. The lowest BCUT2D eigenvalue weighted by atomic mass is 10.2. The third-order valence-electron chi connectivity index (χ3n) is 2.87. The van der Waals surface area contributed by atoms with Crippen LogP contribution in [0.2, 0.25) is 5.02 Å². The molecule has 6 nitrogen and oxygen atoms in total. The lowest BCUT2D eigenvalue weighted by Gasteiger charge is -2.21. The van der Waals surface area contributed by atoms with Crippen molar-refractivity contribution in [2.24, 2.45) is 5.92 Å². The Labute approximate surface area is 123 Å². The van der Waals surface area contributed by atoms with E-state index in [1.165, 1.54) is 32.3 Å². The van der Waals surface area contributed by atoms with Gasteiger partial charge in [0.1, 0.15) is 4.90 Å². The van der Waals surface area contributed by atoms with E-state index in [0.29, 0.717) is 5.69 Å². The van der Waals surface area contributed by atoms with Gasteiger partial charge in [-0.2, -0.15) is 0 Å². The fourth-order valence-electron chi connectivity index (χ4n) is 1.70. The summed E-state index contributed by atoms with van der Waals surface area (Å²) >= 11 is 5.91. The lowest BCUT2D eigenvalue weighted by molar-refractivity contribution is -0.124. The van der Waals surface area contributed by atoms with E-state index in [2.05, 4.69) is 5.32 Å². The molecule has 3 N–H and O–H groups in total. The van der Waals surface area contributed by atoms with Gasteiger partial charge in [0, 0.05) is 32.2 Å². The molecule has 0 aromatic heterocycles. The van der Waals surface area contributed by atoms with Crippen LogP contribution in [-0.4, -0.2) is 39.3 Å². The summed E-state index contributed by atoms with van der Waals surface area (Å²) in [6, 6.07) is 4.26. The maximum absolute atomic E-state index is 12.4. The Bertz CT molecular complexity index is 604. The summed E-state index contributed by atoms with van der Waals surface area (Å²) in [7, 11) is -0.888. The highest BCUT2D eigenvalue weighted by atomic mass is 35.5. The van der Waals surface area contributed by atoms with Gasteiger partial charge in [0.2, 0.25) is 15.9 Å². The zero-order chi connectivity index (χ0) is 15.5. The number of nitrogens with two attached hydrogens (primary N) is 1. The van der Waals surface area contributed by atoms with E-state index >= 15 is 0 Å². The maximum atomic E-state index is 12.4. The molecule has 1 rings (SSSR count). The first-order chi connectivity index (χ1) is 9.20. The number of benzene rings is 1. The van der Waals surface area contributed by atoms with Crippen LogP contribution in [0.3, 0.4) is 0 Å². The quantitative estimate of drug-likeness (QED) is 0.789. The van der Waals surface area contributed by atoms with E-state index in [9.17, 15) is 13.2 Å². The van der Waals surface area contributed by atoms with Gasteiger partial charge in [-0.25, -0.2) is 12.7 Å². The SMILES string of the molecule is CNC(=O)C(C)CN(C)S(=O)(=O)c1cc(N)ccc1Cl. The first kappa shape index (κ1) is 16.7. The van der Waals surface area contributed by atoms with Crippen molar-refractivity contribution >= 4 is 33.2 Å². The van der Waals surface area contributed by atoms with Gasteiger partial charge in [-0.15, -0.1) is 0 Å². The number of carbonyl (C=O) groups excluding carboxylic acids is 1. The van der Waals surface area contributed by atoms with Gasteiger partial charge in [-0.05, 0) is 18.2 Å². The highest BCUT2D eigenvalue weighted by Gasteiger charge is 2.26. The summed E-state index contributed by atoms with van der Waals surface area (Å²) in [6.07, 6.45) is 0. The van der Waals surface area contributed by atoms with Crippen molar-refractivity contribution in [2.45, 2.75) is 11.8 Å². The number of carbonyl (C=O) groups is 1. The monoisotopic (exact) mass is 319 g/mol. The number of sulfonamides is 1. The minimum atomic E-state index is -3.79. The zero-order valence-corrected chi connectivity index (χ0v) is 13.1. The molecule has 0 aliphatic carbocycles. The van der Waals surface area contributed by atoms with Gasteiger partial charge in [0.25, 0.3) is 0 Å². The molecule has 0 heterocycles. The van der Waals surface area contributed by atoms with Crippen molar-refractivity contribution in [3.63, 3.8) is 0 Å². The summed E-state index contributed by atoms with van der Waals surface area (Å²) in [4.78, 5) is 11.4. The van der Waals surface area contributed by atoms with Gasteiger partial charge in [-0.1, -0.05) is 18.5 Å². The Morgan fingerprint density at radius 2 is 2.10 bits per heavy atom. The van der Waals surface area contributed by atoms with Crippen LogP contribution in [0.4, 0.5) is 5.69 Å². The van der Waals surface area contributed by atoms with Crippen LogP contribution >= 0.6 is 11.6 Å². The fourth-order valence-corrected chi connectivity index (χ4v) is 3.46. The molecule has 0 aliphatic heterocycles. The minimum Gasteiger partial charge on any atom is -0.399 e. The average molecular weight is 320 g/mol. The summed E-state index contributed by atoms with van der Waals surface area (Å²) in [5, 5.41) is 2.57. The molecule has 112 valence electrons. The predicted octanol–water partition coefficient (Wildman–Crippen LogP) is 0.925. The van der Waals surface area contributed by atoms with E-state index in [0.717, 1.165) is 4.31 Å². The molecule has 1 atom stereocenters. The van der Waals surface area contributed by atoms with Crippen LogP contribution in [0.25, 0.3) is 0 Å². The highest BCUT2D eigenvalue weighted by Crippen LogP contribution is 2.26. The fraction of sp³-hybridized carbons (Fsp3) is 0.417. The molecule has 0 spiro atoms. The number of hydrogen-bond acceptors (Lipinski definition) is 4. The average Bonchev–Trinajstić information content (AvgIpc) is 2.40. The predicted molar refractivity (Wildman–Crippen MR) is 78.9 cm³/mol. The van der Waals surface area contributed by atoms with Gasteiger partial charge in [0.15, 0.2) is 0 Å². The molecule has 1 aromatic rings. The molecule has 0 saturated heterocycles. The van der Waals surface area contributed by atoms with Crippen LogP contribution in [-0.2, 0) is 14.8 Å². The molecular formula is C12H18ClN3O3S. The number of anilines is 1. The van der Waals surface area contributed by atoms with Crippen LogP contribution in [0.15, 0.2) is 23.1 Å². The third kappa shape index (κ3) is 3.62. The Kier molecular flexibility index (Phi) is 5.38. The second-order valence-corrected chi connectivity index (χ2v) is 6.91. The first-order valence-corrected chi connectivity index (χ1v) is 7.75. The van der Waals surface area contributed by atoms with E-state index in [1.807, 2.05) is 0 Å². The van der Waals surface area contributed by atoms with Crippen molar-refractivity contribution in [3.05, 3.63) is 23.2 Å². The standard InChI is InChI=1S/C12H18ClN3O3S/c1-8(12(17)15-2)7-16(3)20(18,19)11-6-9(14)4-5-10(11)13/h4-6,8H,7,14H2,1-3H3,(H,15,17). The molecule has 0 saturated carbocycles. The molecule has 0 radical (unpaired) electrons. The molecule has 0 bridgehead atoms. The summed E-state index contributed by atoms with van der Waals surface area (Å²) < 4.78 is 25.9. The third-order valence-corrected chi connectivity index (χ3v) is 5.17. The molecule has 20 heavy (non-hydrogen) atoms. The van der Waals surface area contributed by atoms with E-state index < -0.39 is 15.9 Å². The Balaban J connectivity index is 3.04. The number of nitrogen functional groups attached to an aromatic ring is 1. The van der Waals surface area contributed by atoms with Crippen LogP contribution in [0.1, 0.15) is 6.92 Å². The number of hydrogen-bond donors (Lipinski definition) is 2. The Morgan fingerprint density at radius 3 is 2.65 bits per heavy atom. The van der Waals surface area contributed by atoms with Crippen molar-refractivity contribution in [1.82, 2.24) is 9.62 Å². The molecule has 1 aromatic carbocycles. The zero-order valence-electron chi connectivity index (χ0n) is 11.6. The second-order valence-electron chi connectivity index (χ2n) is 4.49. The van der Waals surface area contributed by atoms with E-state index in [1.54, 1.807) is 6.92 Å². The van der Waals surface area contributed by atoms with E-state index in [4.69, 9.17) is 17.3 Å². The van der Waals surface area contributed by atoms with Crippen molar-refractivity contribution in [2.75, 3.05) is 26.4 Å².